The number of carbonyl (C=O) groups is 1. The van der Waals surface area contributed by atoms with E-state index >= 15 is 0 Å². The normalized spacial score (nSPS) is 19.1. The first-order chi connectivity index (χ1) is 7.34. The molecule has 0 bridgehead atoms. The highest BCUT2D eigenvalue weighted by molar-refractivity contribution is 5.91. The Morgan fingerprint density at radius 3 is 2.87 bits per heavy atom. The summed E-state index contributed by atoms with van der Waals surface area (Å²) < 4.78 is 4.98. The second-order valence-corrected chi connectivity index (χ2v) is 3.44. The van der Waals surface area contributed by atoms with Gasteiger partial charge in [0.15, 0.2) is 0 Å². The molecule has 2 rings (SSSR count). The van der Waals surface area contributed by atoms with Gasteiger partial charge in [0.05, 0.1) is 12.7 Å². The molecule has 78 valence electrons. The van der Waals surface area contributed by atoms with E-state index < -0.39 is 0 Å². The minimum Gasteiger partial charge on any atom is -0.371 e. The topological polar surface area (TPSA) is 41.6 Å². The molecule has 15 heavy (non-hydrogen) atoms. The van der Waals surface area contributed by atoms with E-state index in [4.69, 9.17) is 4.74 Å². The first kappa shape index (κ1) is 9.93. The molecule has 1 atom stereocenters. The van der Waals surface area contributed by atoms with Crippen LogP contribution in [0.15, 0.2) is 36.4 Å². The van der Waals surface area contributed by atoms with E-state index in [0.717, 1.165) is 12.2 Å². The molecule has 0 aromatic heterocycles. The average Bonchev–Trinajstić information content (AvgIpc) is 3.09. The van der Waals surface area contributed by atoms with Crippen molar-refractivity contribution in [2.45, 2.75) is 6.10 Å². The van der Waals surface area contributed by atoms with Gasteiger partial charge in [-0.2, -0.15) is 0 Å². The summed E-state index contributed by atoms with van der Waals surface area (Å²) in [5.41, 5.74) is 1.02. The molecule has 1 amide bonds. The van der Waals surface area contributed by atoms with E-state index in [1.54, 1.807) is 6.08 Å². The average molecular weight is 203 g/mol. The molecule has 1 saturated heterocycles. The lowest BCUT2D eigenvalue weighted by Crippen LogP contribution is -2.25. The second kappa shape index (κ2) is 4.75. The Labute approximate surface area is 88.8 Å². The Balaban J connectivity index is 1.79. The third-order valence-corrected chi connectivity index (χ3v) is 2.13. The van der Waals surface area contributed by atoms with E-state index in [-0.39, 0.29) is 12.0 Å². The van der Waals surface area contributed by atoms with Gasteiger partial charge in [-0.1, -0.05) is 30.3 Å². The minimum atomic E-state index is -0.0747. The quantitative estimate of drug-likeness (QED) is 0.590. The summed E-state index contributed by atoms with van der Waals surface area (Å²) in [5.74, 6) is -0.0747. The molecule has 1 aromatic carbocycles. The SMILES string of the molecule is O=C(/C=C/c1ccccc1)NCC1CO1. The predicted octanol–water partition coefficient (Wildman–Crippen LogP) is 1.21. The van der Waals surface area contributed by atoms with Crippen molar-refractivity contribution >= 4 is 12.0 Å². The Morgan fingerprint density at radius 1 is 1.47 bits per heavy atom. The van der Waals surface area contributed by atoms with Gasteiger partial charge in [0.25, 0.3) is 0 Å². The Bertz CT molecular complexity index is 355. The fourth-order valence-corrected chi connectivity index (χ4v) is 1.20. The van der Waals surface area contributed by atoms with Crippen molar-refractivity contribution in [3.05, 3.63) is 42.0 Å². The number of hydrogen-bond acceptors (Lipinski definition) is 2. The molecular weight excluding hydrogens is 190 g/mol. The van der Waals surface area contributed by atoms with Crippen molar-refractivity contribution in [2.75, 3.05) is 13.2 Å². The van der Waals surface area contributed by atoms with Crippen molar-refractivity contribution in [3.8, 4) is 0 Å². The van der Waals surface area contributed by atoms with E-state index in [1.807, 2.05) is 30.3 Å². The summed E-state index contributed by atoms with van der Waals surface area (Å²) >= 11 is 0. The number of hydrogen-bond donors (Lipinski definition) is 1. The van der Waals surface area contributed by atoms with E-state index in [1.165, 1.54) is 6.08 Å². The van der Waals surface area contributed by atoms with Crippen LogP contribution in [0.1, 0.15) is 5.56 Å². The number of benzene rings is 1. The molecule has 1 fully saturated rings. The van der Waals surface area contributed by atoms with E-state index in [9.17, 15) is 4.79 Å². The first-order valence-corrected chi connectivity index (χ1v) is 4.97. The lowest BCUT2D eigenvalue weighted by Gasteiger charge is -1.97. The summed E-state index contributed by atoms with van der Waals surface area (Å²) in [6.07, 6.45) is 3.57. The minimum absolute atomic E-state index is 0.0747. The van der Waals surface area contributed by atoms with Gasteiger partial charge < -0.3 is 10.1 Å². The summed E-state index contributed by atoms with van der Waals surface area (Å²) in [6.45, 7) is 1.38. The van der Waals surface area contributed by atoms with Gasteiger partial charge >= 0.3 is 0 Å². The van der Waals surface area contributed by atoms with Crippen LogP contribution in [0, 0.1) is 0 Å². The van der Waals surface area contributed by atoms with Crippen molar-refractivity contribution in [2.24, 2.45) is 0 Å². The van der Waals surface area contributed by atoms with Gasteiger partial charge in [-0.25, -0.2) is 0 Å². The summed E-state index contributed by atoms with van der Waals surface area (Å²) in [4.78, 5) is 11.3. The lowest BCUT2D eigenvalue weighted by atomic mass is 10.2. The zero-order valence-electron chi connectivity index (χ0n) is 8.35. The Morgan fingerprint density at radius 2 is 2.20 bits per heavy atom. The molecule has 1 unspecified atom stereocenters. The van der Waals surface area contributed by atoms with Gasteiger partial charge in [-0.05, 0) is 11.6 Å². The summed E-state index contributed by atoms with van der Waals surface area (Å²) in [7, 11) is 0. The Hall–Kier alpha value is -1.61. The molecule has 0 saturated carbocycles. The molecule has 1 N–H and O–H groups in total. The molecule has 1 aliphatic rings. The zero-order chi connectivity index (χ0) is 10.5. The van der Waals surface area contributed by atoms with Crippen LogP contribution in [-0.4, -0.2) is 25.2 Å². The second-order valence-electron chi connectivity index (χ2n) is 3.44. The fourth-order valence-electron chi connectivity index (χ4n) is 1.20. The monoisotopic (exact) mass is 203 g/mol. The van der Waals surface area contributed by atoms with E-state index in [2.05, 4.69) is 5.32 Å². The van der Waals surface area contributed by atoms with Crippen molar-refractivity contribution in [1.82, 2.24) is 5.32 Å². The van der Waals surface area contributed by atoms with Crippen LogP contribution in [-0.2, 0) is 9.53 Å². The lowest BCUT2D eigenvalue weighted by molar-refractivity contribution is -0.116. The maximum atomic E-state index is 11.3. The molecule has 0 radical (unpaired) electrons. The molecule has 3 heteroatoms. The fraction of sp³-hybridized carbons (Fsp3) is 0.250. The zero-order valence-corrected chi connectivity index (χ0v) is 8.35. The standard InChI is InChI=1S/C12H13NO2/c14-12(13-8-11-9-15-11)7-6-10-4-2-1-3-5-10/h1-7,11H,8-9H2,(H,13,14)/b7-6+. The predicted molar refractivity (Wildman–Crippen MR) is 58.2 cm³/mol. The van der Waals surface area contributed by atoms with Crippen molar-refractivity contribution < 1.29 is 9.53 Å². The van der Waals surface area contributed by atoms with Gasteiger partial charge in [0.2, 0.25) is 5.91 Å². The van der Waals surface area contributed by atoms with Crippen LogP contribution in [0.2, 0.25) is 0 Å². The molecule has 1 aromatic rings. The van der Waals surface area contributed by atoms with Crippen LogP contribution in [0.3, 0.4) is 0 Å². The highest BCUT2D eigenvalue weighted by atomic mass is 16.6. The number of amides is 1. The number of ether oxygens (including phenoxy) is 1. The van der Waals surface area contributed by atoms with Crippen LogP contribution in [0.5, 0.6) is 0 Å². The Kier molecular flexibility index (Phi) is 3.15. The molecule has 1 aliphatic heterocycles. The smallest absolute Gasteiger partial charge is 0.244 e. The number of rotatable bonds is 4. The maximum absolute atomic E-state index is 11.3. The van der Waals surface area contributed by atoms with Gasteiger partial charge in [-0.15, -0.1) is 0 Å². The van der Waals surface area contributed by atoms with Crippen LogP contribution >= 0.6 is 0 Å². The highest BCUT2D eigenvalue weighted by Crippen LogP contribution is 2.06. The number of nitrogens with one attached hydrogen (secondary N) is 1. The maximum Gasteiger partial charge on any atom is 0.244 e. The van der Waals surface area contributed by atoms with Gasteiger partial charge in [-0.3, -0.25) is 4.79 Å². The molecule has 3 nitrogen and oxygen atoms in total. The summed E-state index contributed by atoms with van der Waals surface area (Å²) in [6, 6.07) is 9.73. The third-order valence-electron chi connectivity index (χ3n) is 2.13. The molecule has 1 heterocycles. The van der Waals surface area contributed by atoms with Crippen LogP contribution < -0.4 is 5.32 Å². The van der Waals surface area contributed by atoms with Gasteiger partial charge in [0.1, 0.15) is 0 Å². The molecule has 0 spiro atoms. The van der Waals surface area contributed by atoms with Crippen molar-refractivity contribution in [3.63, 3.8) is 0 Å². The van der Waals surface area contributed by atoms with Gasteiger partial charge in [0, 0.05) is 12.6 Å². The highest BCUT2D eigenvalue weighted by Gasteiger charge is 2.22. The van der Waals surface area contributed by atoms with Crippen molar-refractivity contribution in [1.29, 1.82) is 0 Å². The van der Waals surface area contributed by atoms with E-state index in [0.29, 0.717) is 6.54 Å². The molecular formula is C12H13NO2. The number of carbonyl (C=O) groups excluding carboxylic acids is 1. The number of epoxide rings is 1. The third kappa shape index (κ3) is 3.56. The summed E-state index contributed by atoms with van der Waals surface area (Å²) in [5, 5.41) is 2.76. The molecule has 0 aliphatic carbocycles. The van der Waals surface area contributed by atoms with Crippen LogP contribution in [0.25, 0.3) is 6.08 Å². The van der Waals surface area contributed by atoms with Crippen LogP contribution in [0.4, 0.5) is 0 Å². The first-order valence-electron chi connectivity index (χ1n) is 4.97. The largest absolute Gasteiger partial charge is 0.371 e.